The van der Waals surface area contributed by atoms with E-state index in [4.69, 9.17) is 11.6 Å². The van der Waals surface area contributed by atoms with Gasteiger partial charge in [-0.05, 0) is 56.2 Å². The quantitative estimate of drug-likeness (QED) is 0.852. The van der Waals surface area contributed by atoms with Gasteiger partial charge >= 0.3 is 0 Å². The van der Waals surface area contributed by atoms with E-state index >= 15 is 0 Å². The van der Waals surface area contributed by atoms with Crippen molar-refractivity contribution in [3.8, 4) is 0 Å². The Bertz CT molecular complexity index is 618. The number of benzene rings is 1. The van der Waals surface area contributed by atoms with Gasteiger partial charge in [-0.2, -0.15) is 0 Å². The Balaban J connectivity index is 2.15. The lowest BCUT2D eigenvalue weighted by molar-refractivity contribution is 0.568. The van der Waals surface area contributed by atoms with Crippen LogP contribution in [-0.4, -0.2) is 4.90 Å². The minimum Gasteiger partial charge on any atom is -0.380 e. The molecule has 110 valence electrons. The van der Waals surface area contributed by atoms with Crippen LogP contribution in [0.5, 0.6) is 0 Å². The van der Waals surface area contributed by atoms with E-state index in [2.05, 4.69) is 42.8 Å². The smallest absolute Gasteiger partial charge is 0.0542 e. The van der Waals surface area contributed by atoms with Crippen molar-refractivity contribution in [2.45, 2.75) is 27.3 Å². The first-order valence-corrected chi connectivity index (χ1v) is 7.39. The maximum absolute atomic E-state index is 6.10. The van der Waals surface area contributed by atoms with Crippen molar-refractivity contribution in [1.29, 1.82) is 0 Å². The Morgan fingerprint density at radius 2 is 2.00 bits per heavy atom. The normalized spacial score (nSPS) is 15.2. The Morgan fingerprint density at radius 1 is 1.24 bits per heavy atom. The maximum atomic E-state index is 6.10. The molecule has 0 bridgehead atoms. The highest BCUT2D eigenvalue weighted by atomic mass is 35.5. The Labute approximate surface area is 132 Å². The van der Waals surface area contributed by atoms with Crippen molar-refractivity contribution < 1.29 is 0 Å². The average molecular weight is 301 g/mol. The zero-order chi connectivity index (χ0) is 15.4. The van der Waals surface area contributed by atoms with Crippen LogP contribution in [0.4, 0.5) is 0 Å². The highest BCUT2D eigenvalue weighted by Crippen LogP contribution is 2.22. The first-order valence-electron chi connectivity index (χ1n) is 7.01. The van der Waals surface area contributed by atoms with Crippen LogP contribution in [0.2, 0.25) is 5.02 Å². The predicted octanol–water partition coefficient (Wildman–Crippen LogP) is 4.89. The van der Waals surface area contributed by atoms with Gasteiger partial charge < -0.3 is 10.2 Å². The molecule has 0 radical (unpaired) electrons. The van der Waals surface area contributed by atoms with Gasteiger partial charge in [0.2, 0.25) is 0 Å². The van der Waals surface area contributed by atoms with Gasteiger partial charge in [-0.3, -0.25) is 0 Å². The molecule has 0 saturated carbocycles. The summed E-state index contributed by atoms with van der Waals surface area (Å²) in [5.41, 5.74) is 5.55. The molecule has 0 amide bonds. The van der Waals surface area contributed by atoms with Crippen LogP contribution in [0.15, 0.2) is 66.3 Å². The summed E-state index contributed by atoms with van der Waals surface area (Å²) >= 11 is 6.10. The fraction of sp³-hybridized carbons (Fsp3) is 0.222. The van der Waals surface area contributed by atoms with Crippen molar-refractivity contribution in [1.82, 2.24) is 10.2 Å². The summed E-state index contributed by atoms with van der Waals surface area (Å²) in [6.45, 7) is 10.9. The molecule has 1 N–H and O–H groups in total. The standard InChI is InChI=1S/C18H21ClN2/c1-5-8-21-14(3)6-7-18(15(21)4)20-12-16-9-13(2)10-17(19)11-16/h5-11,20H,3,12H2,1-2,4H3/b8-5-. The number of halogens is 1. The summed E-state index contributed by atoms with van der Waals surface area (Å²) in [4.78, 5) is 2.07. The molecule has 2 nitrogen and oxygen atoms in total. The molecule has 0 unspecified atom stereocenters. The third kappa shape index (κ3) is 3.79. The van der Waals surface area contributed by atoms with Crippen LogP contribution < -0.4 is 5.32 Å². The highest BCUT2D eigenvalue weighted by molar-refractivity contribution is 6.30. The van der Waals surface area contributed by atoms with Gasteiger partial charge in [0.15, 0.2) is 0 Å². The van der Waals surface area contributed by atoms with Crippen LogP contribution in [0.3, 0.4) is 0 Å². The number of allylic oxidation sites excluding steroid dienone is 4. The van der Waals surface area contributed by atoms with Gasteiger partial charge in [0.05, 0.1) is 5.70 Å². The molecule has 0 spiro atoms. The average Bonchev–Trinajstić information content (AvgIpc) is 2.41. The second-order valence-electron chi connectivity index (χ2n) is 5.17. The number of hydrogen-bond donors (Lipinski definition) is 1. The minimum atomic E-state index is 0.745. The minimum absolute atomic E-state index is 0.745. The molecular weight excluding hydrogens is 280 g/mol. The van der Waals surface area contributed by atoms with Crippen LogP contribution >= 0.6 is 11.6 Å². The van der Waals surface area contributed by atoms with Crippen molar-refractivity contribution in [3.63, 3.8) is 0 Å². The van der Waals surface area contributed by atoms with Crippen LogP contribution in [-0.2, 0) is 6.54 Å². The van der Waals surface area contributed by atoms with Gasteiger partial charge in [-0.1, -0.05) is 30.3 Å². The summed E-state index contributed by atoms with van der Waals surface area (Å²) in [5.74, 6) is 0. The number of rotatable bonds is 4. The van der Waals surface area contributed by atoms with Gasteiger partial charge in [-0.25, -0.2) is 0 Å². The molecule has 0 fully saturated rings. The van der Waals surface area contributed by atoms with Gasteiger partial charge in [0.25, 0.3) is 0 Å². The monoisotopic (exact) mass is 300 g/mol. The topological polar surface area (TPSA) is 15.3 Å². The molecule has 1 heterocycles. The van der Waals surface area contributed by atoms with Crippen LogP contribution in [0.1, 0.15) is 25.0 Å². The van der Waals surface area contributed by atoms with E-state index in [1.165, 1.54) is 11.1 Å². The number of nitrogens with one attached hydrogen (secondary N) is 1. The number of hydrogen-bond acceptors (Lipinski definition) is 2. The third-order valence-corrected chi connectivity index (χ3v) is 3.60. The molecule has 0 aromatic heterocycles. The SMILES string of the molecule is C=C1C=CC(NCc2cc(C)cc(Cl)c2)=C(C)N1/C=C\C. The lowest BCUT2D eigenvalue weighted by Crippen LogP contribution is -2.23. The van der Waals surface area contributed by atoms with Crippen LogP contribution in [0, 0.1) is 6.92 Å². The molecule has 1 aromatic carbocycles. The van der Waals surface area contributed by atoms with Crippen molar-refractivity contribution in [3.05, 3.63) is 82.4 Å². The number of aryl methyl sites for hydroxylation is 1. The molecule has 2 rings (SSSR count). The third-order valence-electron chi connectivity index (χ3n) is 3.39. The Hall–Kier alpha value is -1.93. The van der Waals surface area contributed by atoms with E-state index in [9.17, 15) is 0 Å². The summed E-state index contributed by atoms with van der Waals surface area (Å²) in [6.07, 6.45) is 8.10. The predicted molar refractivity (Wildman–Crippen MR) is 90.7 cm³/mol. The Morgan fingerprint density at radius 3 is 2.67 bits per heavy atom. The Kier molecular flexibility index (Phi) is 4.92. The van der Waals surface area contributed by atoms with E-state index in [0.717, 1.165) is 28.7 Å². The van der Waals surface area contributed by atoms with E-state index < -0.39 is 0 Å². The molecule has 21 heavy (non-hydrogen) atoms. The zero-order valence-corrected chi connectivity index (χ0v) is 13.5. The molecule has 0 aliphatic carbocycles. The van der Waals surface area contributed by atoms with E-state index in [1.54, 1.807) is 0 Å². The highest BCUT2D eigenvalue weighted by Gasteiger charge is 2.13. The van der Waals surface area contributed by atoms with Crippen molar-refractivity contribution >= 4 is 11.6 Å². The number of nitrogens with zero attached hydrogens (tertiary/aromatic N) is 1. The molecule has 3 heteroatoms. The van der Waals surface area contributed by atoms with Crippen LogP contribution in [0.25, 0.3) is 0 Å². The van der Waals surface area contributed by atoms with Gasteiger partial charge in [0, 0.05) is 29.2 Å². The fourth-order valence-corrected chi connectivity index (χ4v) is 2.69. The second-order valence-corrected chi connectivity index (χ2v) is 5.60. The summed E-state index contributed by atoms with van der Waals surface area (Å²) in [5, 5.41) is 4.25. The lowest BCUT2D eigenvalue weighted by Gasteiger charge is -2.27. The molecule has 1 aromatic rings. The van der Waals surface area contributed by atoms with Crippen molar-refractivity contribution in [2.75, 3.05) is 0 Å². The lowest BCUT2D eigenvalue weighted by atomic mass is 10.1. The van der Waals surface area contributed by atoms with E-state index in [1.807, 2.05) is 37.4 Å². The molecule has 1 aliphatic rings. The first-order chi connectivity index (χ1) is 10.0. The van der Waals surface area contributed by atoms with Crippen molar-refractivity contribution in [2.24, 2.45) is 0 Å². The van der Waals surface area contributed by atoms with Gasteiger partial charge in [0.1, 0.15) is 0 Å². The molecule has 1 aliphatic heterocycles. The zero-order valence-electron chi connectivity index (χ0n) is 12.8. The summed E-state index contributed by atoms with van der Waals surface area (Å²) in [7, 11) is 0. The van der Waals surface area contributed by atoms with E-state index in [-0.39, 0.29) is 0 Å². The molecular formula is C18H21ClN2. The largest absolute Gasteiger partial charge is 0.380 e. The first kappa shape index (κ1) is 15.5. The summed E-state index contributed by atoms with van der Waals surface area (Å²) < 4.78 is 0. The molecule has 0 saturated heterocycles. The summed E-state index contributed by atoms with van der Waals surface area (Å²) in [6, 6.07) is 6.10. The fourth-order valence-electron chi connectivity index (χ4n) is 2.38. The van der Waals surface area contributed by atoms with Gasteiger partial charge in [-0.15, -0.1) is 0 Å². The van der Waals surface area contributed by atoms with E-state index in [0.29, 0.717) is 0 Å². The second kappa shape index (κ2) is 6.68. The maximum Gasteiger partial charge on any atom is 0.0542 e. The molecule has 0 atom stereocenters.